The highest BCUT2D eigenvalue weighted by molar-refractivity contribution is 7.98. The van der Waals surface area contributed by atoms with Crippen molar-refractivity contribution in [3.8, 4) is 5.75 Å². The van der Waals surface area contributed by atoms with E-state index in [0.717, 1.165) is 0 Å². The molecule has 0 bridgehead atoms. The molecule has 2 rings (SSSR count). The number of carbonyl (C=O) groups is 3. The number of aliphatic carboxylic acids is 1. The highest BCUT2D eigenvalue weighted by atomic mass is 32.2. The smallest absolute Gasteiger partial charge is 0.268 e. The van der Waals surface area contributed by atoms with Crippen molar-refractivity contribution in [2.45, 2.75) is 12.5 Å². The predicted molar refractivity (Wildman–Crippen MR) is 115 cm³/mol. The van der Waals surface area contributed by atoms with Crippen LogP contribution in [0.4, 0.5) is 0 Å². The molecule has 2 aromatic rings. The molecule has 2 aromatic carbocycles. The molecule has 158 valence electrons. The number of hydrogen-bond donors (Lipinski definition) is 2. The maximum atomic E-state index is 12.8. The van der Waals surface area contributed by atoms with Crippen LogP contribution in [0.3, 0.4) is 0 Å². The number of thioether (sulfide) groups is 1. The molecule has 30 heavy (non-hydrogen) atoms. The highest BCUT2D eigenvalue weighted by Gasteiger charge is 2.20. The number of benzene rings is 2. The summed E-state index contributed by atoms with van der Waals surface area (Å²) in [7, 11) is 1.44. The minimum absolute atomic E-state index is 0.0903. The van der Waals surface area contributed by atoms with Crippen molar-refractivity contribution in [3.63, 3.8) is 0 Å². The third-order valence-electron chi connectivity index (χ3n) is 4.16. The summed E-state index contributed by atoms with van der Waals surface area (Å²) in [6, 6.07) is 14.3. The summed E-state index contributed by atoms with van der Waals surface area (Å²) in [5, 5.41) is 16.4. The molecule has 0 saturated heterocycles. The SMILES string of the molecule is COc1ccccc1C(=O)N/C(=C/c1ccccc1)C(=O)N[C@@H](CCSC)C(=O)[O-]. The fraction of sp³-hybridized carbons (Fsp3) is 0.227. The van der Waals surface area contributed by atoms with Crippen molar-refractivity contribution in [2.75, 3.05) is 19.1 Å². The molecular formula is C22H23N2O5S-. The second kappa shape index (κ2) is 11.7. The molecule has 0 aliphatic heterocycles. The first-order valence-electron chi connectivity index (χ1n) is 9.18. The van der Waals surface area contributed by atoms with Gasteiger partial charge in [-0.1, -0.05) is 42.5 Å². The van der Waals surface area contributed by atoms with Crippen LogP contribution in [0.1, 0.15) is 22.3 Å². The van der Waals surface area contributed by atoms with E-state index in [9.17, 15) is 19.5 Å². The summed E-state index contributed by atoms with van der Waals surface area (Å²) in [6.07, 6.45) is 3.51. The Morgan fingerprint density at radius 3 is 2.40 bits per heavy atom. The van der Waals surface area contributed by atoms with Crippen molar-refractivity contribution in [3.05, 3.63) is 71.4 Å². The van der Waals surface area contributed by atoms with Crippen LogP contribution in [0.2, 0.25) is 0 Å². The van der Waals surface area contributed by atoms with Crippen LogP contribution in [0.25, 0.3) is 6.08 Å². The average molecular weight is 428 g/mol. The van der Waals surface area contributed by atoms with Crippen LogP contribution in [0.15, 0.2) is 60.3 Å². The molecule has 8 heteroatoms. The Morgan fingerprint density at radius 2 is 1.77 bits per heavy atom. The minimum atomic E-state index is -1.38. The molecule has 2 N–H and O–H groups in total. The maximum Gasteiger partial charge on any atom is 0.268 e. The number of carboxylic acid groups (broad SMARTS) is 1. The normalized spacial score (nSPS) is 12.0. The lowest BCUT2D eigenvalue weighted by atomic mass is 10.1. The average Bonchev–Trinajstić information content (AvgIpc) is 2.76. The maximum absolute atomic E-state index is 12.8. The van der Waals surface area contributed by atoms with Gasteiger partial charge in [-0.05, 0) is 42.2 Å². The van der Waals surface area contributed by atoms with Gasteiger partial charge in [0.25, 0.3) is 11.8 Å². The van der Waals surface area contributed by atoms with Gasteiger partial charge >= 0.3 is 0 Å². The highest BCUT2D eigenvalue weighted by Crippen LogP contribution is 2.18. The number of amides is 2. The van der Waals surface area contributed by atoms with Crippen molar-refractivity contribution in [1.82, 2.24) is 10.6 Å². The molecule has 0 saturated carbocycles. The minimum Gasteiger partial charge on any atom is -0.548 e. The van der Waals surface area contributed by atoms with Crippen LogP contribution in [-0.4, -0.2) is 42.9 Å². The molecule has 7 nitrogen and oxygen atoms in total. The molecule has 0 aliphatic rings. The predicted octanol–water partition coefficient (Wildman–Crippen LogP) is 1.45. The molecule has 1 atom stereocenters. The Kier molecular flexibility index (Phi) is 8.96. The summed E-state index contributed by atoms with van der Waals surface area (Å²) < 4.78 is 5.20. The van der Waals surface area contributed by atoms with E-state index in [1.54, 1.807) is 48.5 Å². The Bertz CT molecular complexity index is 915. The number of ether oxygens (including phenoxy) is 1. The Balaban J connectivity index is 2.31. The van der Waals surface area contributed by atoms with Gasteiger partial charge in [0, 0.05) is 0 Å². The monoisotopic (exact) mass is 427 g/mol. The van der Waals surface area contributed by atoms with Gasteiger partial charge in [0.15, 0.2) is 0 Å². The fourth-order valence-electron chi connectivity index (χ4n) is 2.62. The lowest BCUT2D eigenvalue weighted by Crippen LogP contribution is -2.50. The van der Waals surface area contributed by atoms with E-state index in [-0.39, 0.29) is 17.7 Å². The molecular weight excluding hydrogens is 404 g/mol. The molecule has 0 radical (unpaired) electrons. The summed E-state index contributed by atoms with van der Waals surface area (Å²) in [5.41, 5.74) is 0.815. The fourth-order valence-corrected chi connectivity index (χ4v) is 3.09. The van der Waals surface area contributed by atoms with Gasteiger partial charge in [0.05, 0.1) is 24.7 Å². The third-order valence-corrected chi connectivity index (χ3v) is 4.80. The molecule has 0 spiro atoms. The van der Waals surface area contributed by atoms with E-state index < -0.39 is 23.8 Å². The van der Waals surface area contributed by atoms with Crippen molar-refractivity contribution in [1.29, 1.82) is 0 Å². The molecule has 2 amide bonds. The third kappa shape index (κ3) is 6.66. The van der Waals surface area contributed by atoms with E-state index in [1.165, 1.54) is 24.9 Å². The van der Waals surface area contributed by atoms with Gasteiger partial charge in [0.1, 0.15) is 11.4 Å². The number of methoxy groups -OCH3 is 1. The number of nitrogens with one attached hydrogen (secondary N) is 2. The standard InChI is InChI=1S/C22H24N2O5S/c1-29-19-11-7-6-10-16(19)20(25)24-18(14-15-8-4-3-5-9-15)21(26)23-17(22(27)28)12-13-30-2/h3-11,14,17H,12-13H2,1-2H3,(H,23,26)(H,24,25)(H,27,28)/p-1/b18-14+/t17-/m0/s1. The van der Waals surface area contributed by atoms with Crippen LogP contribution in [-0.2, 0) is 9.59 Å². The Labute approximate surface area is 179 Å². The molecule has 0 unspecified atom stereocenters. The lowest BCUT2D eigenvalue weighted by Gasteiger charge is -2.20. The topological polar surface area (TPSA) is 108 Å². The van der Waals surface area contributed by atoms with Crippen molar-refractivity contribution in [2.24, 2.45) is 0 Å². The quantitative estimate of drug-likeness (QED) is 0.556. The van der Waals surface area contributed by atoms with E-state index >= 15 is 0 Å². The van der Waals surface area contributed by atoms with Gasteiger partial charge in [-0.2, -0.15) is 11.8 Å². The molecule has 0 aromatic heterocycles. The van der Waals surface area contributed by atoms with Crippen LogP contribution in [0.5, 0.6) is 5.75 Å². The van der Waals surface area contributed by atoms with Crippen molar-refractivity contribution >= 4 is 35.6 Å². The molecule has 0 heterocycles. The number of rotatable bonds is 10. The van der Waals surface area contributed by atoms with Gasteiger partial charge < -0.3 is 25.3 Å². The van der Waals surface area contributed by atoms with Gasteiger partial charge in [-0.3, -0.25) is 9.59 Å². The van der Waals surface area contributed by atoms with Gasteiger partial charge in [-0.25, -0.2) is 0 Å². The van der Waals surface area contributed by atoms with Gasteiger partial charge in [0.2, 0.25) is 0 Å². The second-order valence-electron chi connectivity index (χ2n) is 6.25. The zero-order chi connectivity index (χ0) is 21.9. The van der Waals surface area contributed by atoms with E-state index in [2.05, 4.69) is 10.6 Å². The van der Waals surface area contributed by atoms with Gasteiger partial charge in [-0.15, -0.1) is 0 Å². The first kappa shape index (κ1) is 23.0. The van der Waals surface area contributed by atoms with Crippen LogP contribution in [0, 0.1) is 0 Å². The zero-order valence-corrected chi connectivity index (χ0v) is 17.5. The number of para-hydroxylation sites is 1. The van der Waals surface area contributed by atoms with E-state index in [4.69, 9.17) is 4.74 Å². The summed E-state index contributed by atoms with van der Waals surface area (Å²) in [4.78, 5) is 37.0. The molecule has 0 aliphatic carbocycles. The summed E-state index contributed by atoms with van der Waals surface area (Å²) in [6.45, 7) is 0. The first-order chi connectivity index (χ1) is 14.5. The van der Waals surface area contributed by atoms with E-state index in [1.807, 2.05) is 12.3 Å². The van der Waals surface area contributed by atoms with Crippen molar-refractivity contribution < 1.29 is 24.2 Å². The Morgan fingerprint density at radius 1 is 1.10 bits per heavy atom. The number of carboxylic acids is 1. The van der Waals surface area contributed by atoms with Crippen LogP contribution >= 0.6 is 11.8 Å². The first-order valence-corrected chi connectivity index (χ1v) is 10.6. The largest absolute Gasteiger partial charge is 0.548 e. The summed E-state index contributed by atoms with van der Waals surface area (Å²) >= 11 is 1.46. The molecule has 0 fully saturated rings. The van der Waals surface area contributed by atoms with Crippen LogP contribution < -0.4 is 20.5 Å². The van der Waals surface area contributed by atoms with E-state index in [0.29, 0.717) is 17.1 Å². The number of carbonyl (C=O) groups excluding carboxylic acids is 3. The summed E-state index contributed by atoms with van der Waals surface area (Å²) in [5.74, 6) is -1.78. The second-order valence-corrected chi connectivity index (χ2v) is 7.24. The Hall–Kier alpha value is -3.26. The zero-order valence-electron chi connectivity index (χ0n) is 16.7. The lowest BCUT2D eigenvalue weighted by molar-refractivity contribution is -0.308. The number of hydrogen-bond acceptors (Lipinski definition) is 6.